The Bertz CT molecular complexity index is 349. The fourth-order valence-corrected chi connectivity index (χ4v) is 2.73. The van der Waals surface area contributed by atoms with E-state index in [1.54, 1.807) is 0 Å². The summed E-state index contributed by atoms with van der Waals surface area (Å²) in [6, 6.07) is 0. The van der Waals surface area contributed by atoms with E-state index in [2.05, 4.69) is 0 Å². The average molecular weight is 284 g/mol. The van der Waals surface area contributed by atoms with Crippen LogP contribution in [-0.4, -0.2) is 37.7 Å². The molecule has 6 heteroatoms. The lowest BCUT2D eigenvalue weighted by atomic mass is 9.74. The number of esters is 2. The van der Waals surface area contributed by atoms with Crippen molar-refractivity contribution in [2.45, 2.75) is 57.5 Å². The molecule has 6 nitrogen and oxygen atoms in total. The minimum Gasteiger partial charge on any atom is -0.435 e. The molecule has 0 aromatic rings. The molecule has 0 spiro atoms. The zero-order valence-corrected chi connectivity index (χ0v) is 11.5. The molecule has 112 valence electrons. The predicted octanol–water partition coefficient (Wildman–Crippen LogP) is 1.52. The number of rotatable bonds is 4. The van der Waals surface area contributed by atoms with Crippen LogP contribution in [0.2, 0.25) is 0 Å². The average Bonchev–Trinajstić information content (AvgIpc) is 2.38. The second-order valence-corrected chi connectivity index (χ2v) is 5.63. The molecular formula is C14H20O6. The molecular weight excluding hydrogens is 264 g/mol. The predicted molar refractivity (Wildman–Crippen MR) is 66.4 cm³/mol. The Labute approximate surface area is 117 Å². The maximum atomic E-state index is 12.4. The van der Waals surface area contributed by atoms with Crippen molar-refractivity contribution >= 4 is 11.9 Å². The van der Waals surface area contributed by atoms with Gasteiger partial charge in [-0.15, -0.1) is 0 Å². The molecule has 2 unspecified atom stereocenters. The summed E-state index contributed by atoms with van der Waals surface area (Å²) in [4.78, 5) is 24.8. The van der Waals surface area contributed by atoms with E-state index in [0.29, 0.717) is 38.9 Å². The van der Waals surface area contributed by atoms with Crippen molar-refractivity contribution in [1.82, 2.24) is 0 Å². The van der Waals surface area contributed by atoms with Crippen molar-refractivity contribution in [3.05, 3.63) is 0 Å². The van der Waals surface area contributed by atoms with Crippen LogP contribution in [0.1, 0.15) is 44.9 Å². The Morgan fingerprint density at radius 1 is 0.850 bits per heavy atom. The lowest BCUT2D eigenvalue weighted by molar-refractivity contribution is -0.239. The normalized spacial score (nSPS) is 31.6. The third kappa shape index (κ3) is 2.54. The first-order valence-corrected chi connectivity index (χ1v) is 7.36. The Kier molecular flexibility index (Phi) is 3.94. The van der Waals surface area contributed by atoms with Crippen LogP contribution in [0, 0.1) is 5.41 Å². The van der Waals surface area contributed by atoms with E-state index >= 15 is 0 Å². The van der Waals surface area contributed by atoms with Crippen LogP contribution < -0.4 is 0 Å². The van der Waals surface area contributed by atoms with E-state index in [0.717, 1.165) is 19.3 Å². The smallest absolute Gasteiger partial charge is 0.325 e. The molecule has 0 amide bonds. The zero-order valence-electron chi connectivity index (χ0n) is 11.5. The van der Waals surface area contributed by atoms with Gasteiger partial charge in [-0.2, -0.15) is 0 Å². The SMILES string of the molecule is O=C(OC1CCO1)C1(C(=O)OC2CCO2)CCCCC1. The van der Waals surface area contributed by atoms with Gasteiger partial charge in [0.05, 0.1) is 13.2 Å². The quantitative estimate of drug-likeness (QED) is 0.575. The Balaban J connectivity index is 1.68. The van der Waals surface area contributed by atoms with Crippen molar-refractivity contribution in [2.24, 2.45) is 5.41 Å². The Morgan fingerprint density at radius 2 is 1.30 bits per heavy atom. The van der Waals surface area contributed by atoms with Crippen molar-refractivity contribution in [2.75, 3.05) is 13.2 Å². The van der Waals surface area contributed by atoms with E-state index in [1.807, 2.05) is 0 Å². The van der Waals surface area contributed by atoms with Gasteiger partial charge in [-0.05, 0) is 12.8 Å². The molecule has 0 radical (unpaired) electrons. The standard InChI is InChI=1S/C14H20O6/c15-12(19-10-4-8-17-10)14(6-2-1-3-7-14)13(16)20-11-5-9-18-11/h10-11H,1-9H2. The summed E-state index contributed by atoms with van der Waals surface area (Å²) in [5.41, 5.74) is -1.16. The van der Waals surface area contributed by atoms with Crippen molar-refractivity contribution in [1.29, 1.82) is 0 Å². The molecule has 2 atom stereocenters. The van der Waals surface area contributed by atoms with Crippen LogP contribution in [0.5, 0.6) is 0 Å². The highest BCUT2D eigenvalue weighted by atomic mass is 16.7. The number of carbonyl (C=O) groups excluding carboxylic acids is 2. The second kappa shape index (κ2) is 5.69. The lowest BCUT2D eigenvalue weighted by Crippen LogP contribution is -2.48. The first-order chi connectivity index (χ1) is 9.71. The Hall–Kier alpha value is -1.14. The summed E-state index contributed by atoms with van der Waals surface area (Å²) in [6.07, 6.45) is 4.09. The molecule has 0 aromatic heterocycles. The van der Waals surface area contributed by atoms with Crippen LogP contribution in [0.25, 0.3) is 0 Å². The van der Waals surface area contributed by atoms with Crippen molar-refractivity contribution in [3.63, 3.8) is 0 Å². The molecule has 0 aromatic carbocycles. The molecule has 0 bridgehead atoms. The number of hydrogen-bond donors (Lipinski definition) is 0. The minimum atomic E-state index is -1.16. The van der Waals surface area contributed by atoms with E-state index in [9.17, 15) is 9.59 Å². The van der Waals surface area contributed by atoms with Gasteiger partial charge in [0.1, 0.15) is 0 Å². The molecule has 1 aliphatic carbocycles. The Morgan fingerprint density at radius 3 is 1.65 bits per heavy atom. The van der Waals surface area contributed by atoms with E-state index in [-0.39, 0.29) is 0 Å². The summed E-state index contributed by atoms with van der Waals surface area (Å²) >= 11 is 0. The second-order valence-electron chi connectivity index (χ2n) is 5.63. The van der Waals surface area contributed by atoms with Gasteiger partial charge in [0, 0.05) is 12.8 Å². The maximum absolute atomic E-state index is 12.4. The highest BCUT2D eigenvalue weighted by molar-refractivity contribution is 6.00. The van der Waals surface area contributed by atoms with Crippen LogP contribution in [0.3, 0.4) is 0 Å². The molecule has 1 saturated carbocycles. The van der Waals surface area contributed by atoms with Crippen LogP contribution in [0.15, 0.2) is 0 Å². The van der Waals surface area contributed by atoms with Gasteiger partial charge in [0.2, 0.25) is 12.6 Å². The summed E-state index contributed by atoms with van der Waals surface area (Å²) in [5, 5.41) is 0. The molecule has 2 heterocycles. The molecule has 3 aliphatic rings. The minimum absolute atomic E-state index is 0.490. The third-order valence-corrected chi connectivity index (χ3v) is 4.28. The molecule has 2 saturated heterocycles. The van der Waals surface area contributed by atoms with Gasteiger partial charge >= 0.3 is 11.9 Å². The molecule has 2 aliphatic heterocycles. The van der Waals surface area contributed by atoms with Crippen LogP contribution in [0.4, 0.5) is 0 Å². The number of ether oxygens (including phenoxy) is 4. The van der Waals surface area contributed by atoms with E-state index < -0.39 is 29.9 Å². The summed E-state index contributed by atoms with van der Waals surface area (Å²) in [5.74, 6) is -0.988. The van der Waals surface area contributed by atoms with E-state index in [1.165, 1.54) is 0 Å². The monoisotopic (exact) mass is 284 g/mol. The van der Waals surface area contributed by atoms with Gasteiger partial charge in [0.25, 0.3) is 0 Å². The van der Waals surface area contributed by atoms with Crippen LogP contribution >= 0.6 is 0 Å². The first-order valence-electron chi connectivity index (χ1n) is 7.36. The summed E-state index contributed by atoms with van der Waals surface area (Å²) < 4.78 is 20.8. The van der Waals surface area contributed by atoms with Crippen molar-refractivity contribution in [3.8, 4) is 0 Å². The number of hydrogen-bond acceptors (Lipinski definition) is 6. The topological polar surface area (TPSA) is 71.1 Å². The van der Waals surface area contributed by atoms with Gasteiger partial charge in [-0.1, -0.05) is 19.3 Å². The highest BCUT2D eigenvalue weighted by Crippen LogP contribution is 2.40. The zero-order chi connectivity index (χ0) is 14.0. The first kappa shape index (κ1) is 13.8. The largest absolute Gasteiger partial charge is 0.435 e. The lowest BCUT2D eigenvalue weighted by Gasteiger charge is -2.37. The fourth-order valence-electron chi connectivity index (χ4n) is 2.73. The maximum Gasteiger partial charge on any atom is 0.325 e. The van der Waals surface area contributed by atoms with Gasteiger partial charge < -0.3 is 18.9 Å². The highest BCUT2D eigenvalue weighted by Gasteiger charge is 2.51. The third-order valence-electron chi connectivity index (χ3n) is 4.28. The molecule has 3 rings (SSSR count). The van der Waals surface area contributed by atoms with Gasteiger partial charge in [-0.3, -0.25) is 9.59 Å². The molecule has 3 fully saturated rings. The molecule has 0 N–H and O–H groups in total. The summed E-state index contributed by atoms with van der Waals surface area (Å²) in [7, 11) is 0. The van der Waals surface area contributed by atoms with Crippen LogP contribution in [-0.2, 0) is 28.5 Å². The van der Waals surface area contributed by atoms with Gasteiger partial charge in [-0.25, -0.2) is 0 Å². The van der Waals surface area contributed by atoms with Gasteiger partial charge in [0.15, 0.2) is 5.41 Å². The number of carbonyl (C=O) groups is 2. The van der Waals surface area contributed by atoms with Crippen molar-refractivity contribution < 1.29 is 28.5 Å². The fraction of sp³-hybridized carbons (Fsp3) is 0.857. The van der Waals surface area contributed by atoms with E-state index in [4.69, 9.17) is 18.9 Å². The molecule has 20 heavy (non-hydrogen) atoms. The summed E-state index contributed by atoms with van der Waals surface area (Å²) in [6.45, 7) is 1.20.